The first kappa shape index (κ1) is 66.9. The Morgan fingerprint density at radius 1 is 0.353 bits per heavy atom. The predicted octanol–water partition coefficient (Wildman–Crippen LogP) is 19.5. The van der Waals surface area contributed by atoms with Gasteiger partial charge in [0.05, 0.1) is 25.4 Å². The van der Waals surface area contributed by atoms with E-state index >= 15 is 0 Å². The molecule has 0 aromatic carbocycles. The average molecular weight is 963 g/mol. The molecule has 0 aromatic heterocycles. The van der Waals surface area contributed by atoms with Gasteiger partial charge < -0.3 is 20.3 Å². The van der Waals surface area contributed by atoms with Crippen LogP contribution in [-0.2, 0) is 14.3 Å². The Kier molecular flexibility index (Phi) is 57.5. The van der Waals surface area contributed by atoms with Gasteiger partial charge in [0.25, 0.3) is 0 Å². The van der Waals surface area contributed by atoms with Crippen molar-refractivity contribution in [3.8, 4) is 0 Å². The third-order valence-corrected chi connectivity index (χ3v) is 14.9. The lowest BCUT2D eigenvalue weighted by Crippen LogP contribution is -2.45. The summed E-state index contributed by atoms with van der Waals surface area (Å²) in [5, 5.41) is 23.3. The highest BCUT2D eigenvalue weighted by molar-refractivity contribution is 5.76. The molecule has 6 heteroatoms. The monoisotopic (exact) mass is 962 g/mol. The Morgan fingerprint density at radius 3 is 0.897 bits per heavy atom. The molecule has 0 saturated heterocycles. The summed E-state index contributed by atoms with van der Waals surface area (Å²) in [5.74, 6) is -0.0329. The van der Waals surface area contributed by atoms with Crippen molar-refractivity contribution >= 4 is 11.9 Å². The molecule has 2 atom stereocenters. The Labute approximate surface area is 426 Å². The lowest BCUT2D eigenvalue weighted by molar-refractivity contribution is -0.143. The van der Waals surface area contributed by atoms with Crippen LogP contribution >= 0.6 is 0 Å². The van der Waals surface area contributed by atoms with Gasteiger partial charge in [-0.1, -0.05) is 322 Å². The van der Waals surface area contributed by atoms with Gasteiger partial charge in [-0.2, -0.15) is 0 Å². The van der Waals surface area contributed by atoms with E-state index < -0.39 is 12.1 Å². The number of ether oxygens (including phenoxy) is 1. The molecular formula is C62H123NO5. The maximum absolute atomic E-state index is 12.5. The number of rotatable bonds is 59. The number of aliphatic hydroxyl groups is 2. The quantitative estimate of drug-likeness (QED) is 0.0417. The summed E-state index contributed by atoms with van der Waals surface area (Å²) in [5.41, 5.74) is 0. The molecule has 0 spiro atoms. The maximum atomic E-state index is 12.5. The number of aliphatic hydroxyl groups excluding tert-OH is 2. The fourth-order valence-corrected chi connectivity index (χ4v) is 10.1. The van der Waals surface area contributed by atoms with Crippen LogP contribution in [0.15, 0.2) is 0 Å². The van der Waals surface area contributed by atoms with Gasteiger partial charge in [0.1, 0.15) is 0 Å². The van der Waals surface area contributed by atoms with Gasteiger partial charge in [-0.15, -0.1) is 0 Å². The molecule has 6 nitrogen and oxygen atoms in total. The molecule has 0 rings (SSSR count). The fourth-order valence-electron chi connectivity index (χ4n) is 10.1. The molecule has 1 amide bonds. The van der Waals surface area contributed by atoms with Gasteiger partial charge in [0, 0.05) is 12.8 Å². The zero-order valence-electron chi connectivity index (χ0n) is 46.4. The van der Waals surface area contributed by atoms with Gasteiger partial charge in [-0.3, -0.25) is 9.59 Å². The summed E-state index contributed by atoms with van der Waals surface area (Å²) in [6, 6.07) is -0.547. The van der Waals surface area contributed by atoms with Crippen molar-refractivity contribution in [1.29, 1.82) is 0 Å². The second-order valence-electron chi connectivity index (χ2n) is 21.8. The molecule has 0 aliphatic rings. The van der Waals surface area contributed by atoms with Crippen LogP contribution in [0.3, 0.4) is 0 Å². The van der Waals surface area contributed by atoms with Crippen LogP contribution in [0.2, 0.25) is 0 Å². The van der Waals surface area contributed by atoms with E-state index in [0.29, 0.717) is 25.9 Å². The molecule has 0 fully saturated rings. The van der Waals surface area contributed by atoms with E-state index in [1.807, 2.05) is 0 Å². The van der Waals surface area contributed by atoms with E-state index in [0.717, 1.165) is 44.9 Å². The van der Waals surface area contributed by atoms with Crippen LogP contribution < -0.4 is 5.32 Å². The van der Waals surface area contributed by atoms with E-state index in [-0.39, 0.29) is 18.5 Å². The molecule has 0 radical (unpaired) electrons. The van der Waals surface area contributed by atoms with Crippen molar-refractivity contribution < 1.29 is 24.5 Å². The summed E-state index contributed by atoms with van der Waals surface area (Å²) in [4.78, 5) is 24.6. The Morgan fingerprint density at radius 2 is 0.603 bits per heavy atom. The predicted molar refractivity (Wildman–Crippen MR) is 297 cm³/mol. The smallest absolute Gasteiger partial charge is 0.305 e. The van der Waals surface area contributed by atoms with Crippen LogP contribution in [0.4, 0.5) is 0 Å². The summed E-state index contributed by atoms with van der Waals surface area (Å²) in [7, 11) is 0. The average Bonchev–Trinajstić information content (AvgIpc) is 3.34. The summed E-state index contributed by atoms with van der Waals surface area (Å²) >= 11 is 0. The number of carbonyl (C=O) groups excluding carboxylic acids is 2. The molecule has 0 saturated carbocycles. The highest BCUT2D eigenvalue weighted by Crippen LogP contribution is 2.19. The van der Waals surface area contributed by atoms with E-state index in [1.165, 1.54) is 283 Å². The Bertz CT molecular complexity index is 975. The van der Waals surface area contributed by atoms with Gasteiger partial charge in [0.2, 0.25) is 5.91 Å². The van der Waals surface area contributed by atoms with Crippen LogP contribution in [0, 0.1) is 0 Å². The molecule has 0 aliphatic heterocycles. The second kappa shape index (κ2) is 58.4. The van der Waals surface area contributed by atoms with E-state index in [9.17, 15) is 19.8 Å². The normalized spacial score (nSPS) is 12.5. The Balaban J connectivity index is 3.40. The standard InChI is InChI=1S/C62H123NO5/c1-3-5-7-9-11-13-15-17-19-21-22-24-26-30-34-38-42-46-50-54-60(65)59(58-64)63-61(66)55-51-47-43-39-35-31-27-25-29-33-37-41-45-49-53-57-68-62(67)56-52-48-44-40-36-32-28-23-20-18-16-14-12-10-8-6-4-2/h59-60,64-65H,3-58H2,1-2H3,(H,63,66). The van der Waals surface area contributed by atoms with Crippen LogP contribution in [-0.4, -0.2) is 47.4 Å². The minimum Gasteiger partial charge on any atom is -0.466 e. The van der Waals surface area contributed by atoms with Gasteiger partial charge in [-0.25, -0.2) is 0 Å². The number of hydrogen-bond acceptors (Lipinski definition) is 5. The summed E-state index contributed by atoms with van der Waals surface area (Å²) < 4.78 is 5.49. The van der Waals surface area contributed by atoms with Crippen LogP contribution in [0.1, 0.15) is 361 Å². The topological polar surface area (TPSA) is 95.9 Å². The van der Waals surface area contributed by atoms with Crippen molar-refractivity contribution in [3.05, 3.63) is 0 Å². The van der Waals surface area contributed by atoms with Crippen LogP contribution in [0.5, 0.6) is 0 Å². The molecule has 68 heavy (non-hydrogen) atoms. The van der Waals surface area contributed by atoms with Crippen molar-refractivity contribution in [2.75, 3.05) is 13.2 Å². The number of amides is 1. The third-order valence-electron chi connectivity index (χ3n) is 14.9. The molecule has 0 aromatic rings. The zero-order valence-corrected chi connectivity index (χ0v) is 46.4. The van der Waals surface area contributed by atoms with Crippen molar-refractivity contribution in [3.63, 3.8) is 0 Å². The molecule has 3 N–H and O–H groups in total. The fraction of sp³-hybridized carbons (Fsp3) is 0.968. The SMILES string of the molecule is CCCCCCCCCCCCCCCCCCCCCC(O)C(CO)NC(=O)CCCCCCCCCCCCCCCCCOC(=O)CCCCCCCCCCCCCCCCCCC. The van der Waals surface area contributed by atoms with Crippen molar-refractivity contribution in [2.24, 2.45) is 0 Å². The van der Waals surface area contributed by atoms with E-state index in [4.69, 9.17) is 4.74 Å². The molecule has 0 heterocycles. The number of esters is 1. The first-order chi connectivity index (χ1) is 33.5. The van der Waals surface area contributed by atoms with Gasteiger partial charge >= 0.3 is 5.97 Å². The van der Waals surface area contributed by atoms with E-state index in [1.54, 1.807) is 0 Å². The highest BCUT2D eigenvalue weighted by atomic mass is 16.5. The number of nitrogens with one attached hydrogen (secondary N) is 1. The van der Waals surface area contributed by atoms with Crippen molar-refractivity contribution in [1.82, 2.24) is 5.32 Å². The minimum absolute atomic E-state index is 0.00608. The largest absolute Gasteiger partial charge is 0.466 e. The Hall–Kier alpha value is -1.14. The molecule has 406 valence electrons. The van der Waals surface area contributed by atoms with Crippen LogP contribution in [0.25, 0.3) is 0 Å². The van der Waals surface area contributed by atoms with Gasteiger partial charge in [0.15, 0.2) is 0 Å². The molecular weight excluding hydrogens is 839 g/mol. The molecule has 0 bridgehead atoms. The highest BCUT2D eigenvalue weighted by Gasteiger charge is 2.20. The first-order valence-corrected chi connectivity index (χ1v) is 31.3. The number of hydrogen-bond donors (Lipinski definition) is 3. The third kappa shape index (κ3) is 54.2. The summed E-state index contributed by atoms with van der Waals surface area (Å²) in [6.07, 6.45) is 68.2. The number of unbranched alkanes of at least 4 members (excludes halogenated alkanes) is 48. The maximum Gasteiger partial charge on any atom is 0.305 e. The number of carbonyl (C=O) groups is 2. The lowest BCUT2D eigenvalue weighted by Gasteiger charge is -2.22. The minimum atomic E-state index is -0.669. The summed E-state index contributed by atoms with van der Waals surface area (Å²) in [6.45, 7) is 4.98. The first-order valence-electron chi connectivity index (χ1n) is 31.3. The van der Waals surface area contributed by atoms with Gasteiger partial charge in [-0.05, 0) is 25.7 Å². The zero-order chi connectivity index (χ0) is 49.3. The van der Waals surface area contributed by atoms with Crippen molar-refractivity contribution in [2.45, 2.75) is 373 Å². The second-order valence-corrected chi connectivity index (χ2v) is 21.8. The molecule has 0 aliphatic carbocycles. The molecule has 2 unspecified atom stereocenters. The van der Waals surface area contributed by atoms with E-state index in [2.05, 4.69) is 19.2 Å². The lowest BCUT2D eigenvalue weighted by atomic mass is 10.0.